The number of nitrogens with one attached hydrogen (secondary N) is 1. The van der Waals surface area contributed by atoms with Crippen LogP contribution >= 0.6 is 12.4 Å². The van der Waals surface area contributed by atoms with Crippen LogP contribution in [0.5, 0.6) is 0 Å². The first-order valence-electron chi connectivity index (χ1n) is 3.15. The molecule has 3 heteroatoms. The molecule has 0 aromatic carbocycles. The molecule has 0 bridgehead atoms. The Labute approximate surface area is 66.8 Å². The van der Waals surface area contributed by atoms with E-state index >= 15 is 0 Å². The molecule has 0 aromatic heterocycles. The zero-order valence-corrected chi connectivity index (χ0v) is 6.46. The Balaban J connectivity index is 0.000000810. The summed E-state index contributed by atoms with van der Waals surface area (Å²) in [5.41, 5.74) is 0. The highest BCUT2D eigenvalue weighted by atomic mass is 35.5. The van der Waals surface area contributed by atoms with Crippen LogP contribution in [-0.2, 0) is 0 Å². The highest BCUT2D eigenvalue weighted by molar-refractivity contribution is 5.85. The quantitative estimate of drug-likeness (QED) is 0.526. The molecule has 10 heavy (non-hydrogen) atoms. The van der Waals surface area contributed by atoms with Gasteiger partial charge >= 0.3 is 0 Å². The van der Waals surface area contributed by atoms with Gasteiger partial charge in [0.1, 0.15) is 6.17 Å². The average molecular weight is 164 g/mol. The highest BCUT2D eigenvalue weighted by Crippen LogP contribution is 2.13. The number of piperidine rings is 1. The second kappa shape index (κ2) is 4.54. The van der Waals surface area contributed by atoms with Gasteiger partial charge in [0, 0.05) is 6.54 Å². The molecule has 2 atom stereocenters. The summed E-state index contributed by atoms with van der Waals surface area (Å²) in [5, 5.41) is 2.93. The first-order chi connectivity index (χ1) is 4.34. The third kappa shape index (κ3) is 2.17. The summed E-state index contributed by atoms with van der Waals surface area (Å²) >= 11 is 0. The van der Waals surface area contributed by atoms with Crippen molar-refractivity contribution in [3.63, 3.8) is 0 Å². The van der Waals surface area contributed by atoms with Crippen LogP contribution in [0.25, 0.3) is 0 Å². The van der Waals surface area contributed by atoms with Gasteiger partial charge in [0.05, 0.1) is 5.92 Å². The molecule has 1 rings (SSSR count). The lowest BCUT2D eigenvalue weighted by Gasteiger charge is -2.21. The minimum atomic E-state index is -0.830. The van der Waals surface area contributed by atoms with E-state index in [1.165, 1.54) is 0 Å². The van der Waals surface area contributed by atoms with Gasteiger partial charge in [-0.05, 0) is 13.0 Å². The summed E-state index contributed by atoms with van der Waals surface area (Å²) in [7, 11) is 0. The maximum atomic E-state index is 12.6. The van der Waals surface area contributed by atoms with Gasteiger partial charge < -0.3 is 5.32 Å². The van der Waals surface area contributed by atoms with Gasteiger partial charge in [-0.15, -0.1) is 24.8 Å². The molecule has 0 amide bonds. The van der Waals surface area contributed by atoms with Gasteiger partial charge in [0.25, 0.3) is 0 Å². The lowest BCUT2D eigenvalue weighted by molar-refractivity contribution is 0.220. The molecule has 0 spiro atoms. The number of alkyl halides is 1. The van der Waals surface area contributed by atoms with E-state index < -0.39 is 6.17 Å². The summed E-state index contributed by atoms with van der Waals surface area (Å²) in [5.74, 6) is 2.29. The van der Waals surface area contributed by atoms with Crippen molar-refractivity contribution >= 4 is 12.4 Å². The molecule has 0 saturated carbocycles. The van der Waals surface area contributed by atoms with Gasteiger partial charge in [-0.2, -0.15) is 0 Å². The van der Waals surface area contributed by atoms with Crippen LogP contribution in [0.4, 0.5) is 4.39 Å². The van der Waals surface area contributed by atoms with Crippen LogP contribution in [0.2, 0.25) is 0 Å². The lowest BCUT2D eigenvalue weighted by Crippen LogP contribution is -2.37. The van der Waals surface area contributed by atoms with Crippen molar-refractivity contribution in [1.82, 2.24) is 5.32 Å². The molecule has 58 valence electrons. The Morgan fingerprint density at radius 1 is 1.60 bits per heavy atom. The Kier molecular flexibility index (Phi) is 4.42. The Hall–Kier alpha value is -0.260. The van der Waals surface area contributed by atoms with E-state index in [-0.39, 0.29) is 18.3 Å². The third-order valence-corrected chi connectivity index (χ3v) is 1.62. The predicted molar refractivity (Wildman–Crippen MR) is 42.0 cm³/mol. The fraction of sp³-hybridized carbons (Fsp3) is 0.714. The largest absolute Gasteiger partial charge is 0.314 e. The zero-order valence-electron chi connectivity index (χ0n) is 5.64. The van der Waals surface area contributed by atoms with Gasteiger partial charge in [-0.1, -0.05) is 0 Å². The van der Waals surface area contributed by atoms with Gasteiger partial charge in [0.2, 0.25) is 0 Å². The third-order valence-electron chi connectivity index (χ3n) is 1.62. The van der Waals surface area contributed by atoms with Crippen molar-refractivity contribution in [3.05, 3.63) is 0 Å². The minimum Gasteiger partial charge on any atom is -0.314 e. The molecule has 1 N–H and O–H groups in total. The van der Waals surface area contributed by atoms with Crippen LogP contribution in [0.1, 0.15) is 6.42 Å². The van der Waals surface area contributed by atoms with Crippen molar-refractivity contribution in [2.75, 3.05) is 13.1 Å². The van der Waals surface area contributed by atoms with Crippen LogP contribution in [0.3, 0.4) is 0 Å². The molecular weight excluding hydrogens is 153 g/mol. The molecule has 0 unspecified atom stereocenters. The first kappa shape index (κ1) is 9.74. The number of rotatable bonds is 0. The monoisotopic (exact) mass is 163 g/mol. The van der Waals surface area contributed by atoms with Crippen molar-refractivity contribution < 1.29 is 4.39 Å². The summed E-state index contributed by atoms with van der Waals surface area (Å²) in [4.78, 5) is 0. The van der Waals surface area contributed by atoms with Gasteiger partial charge in [0.15, 0.2) is 0 Å². The standard InChI is InChI=1S/C7H10FN.ClH/c1-2-6-3-4-9-5-7(6)8;/h1,6-7,9H,3-5H2;1H/t6-,7+;/m1./s1. The fourth-order valence-corrected chi connectivity index (χ4v) is 1.01. The van der Waals surface area contributed by atoms with Crippen molar-refractivity contribution in [3.8, 4) is 12.3 Å². The van der Waals surface area contributed by atoms with E-state index in [4.69, 9.17) is 6.42 Å². The van der Waals surface area contributed by atoms with Crippen LogP contribution < -0.4 is 5.32 Å². The minimum absolute atomic E-state index is 0. The van der Waals surface area contributed by atoms with Crippen LogP contribution in [0.15, 0.2) is 0 Å². The summed E-state index contributed by atoms with van der Waals surface area (Å²) < 4.78 is 12.6. The lowest BCUT2D eigenvalue weighted by atomic mass is 9.98. The molecule has 0 radical (unpaired) electrons. The smallest absolute Gasteiger partial charge is 0.126 e. The molecule has 1 fully saturated rings. The van der Waals surface area contributed by atoms with Crippen molar-refractivity contribution in [2.45, 2.75) is 12.6 Å². The molecule has 1 aliphatic rings. The Bertz CT molecular complexity index is 132. The Morgan fingerprint density at radius 2 is 2.30 bits per heavy atom. The summed E-state index contributed by atoms with van der Waals surface area (Å²) in [6.07, 6.45) is 5.02. The van der Waals surface area contributed by atoms with Crippen LogP contribution in [0, 0.1) is 18.3 Å². The Morgan fingerprint density at radius 3 is 2.70 bits per heavy atom. The van der Waals surface area contributed by atoms with Crippen LogP contribution in [-0.4, -0.2) is 19.3 Å². The number of halogens is 2. The molecule has 1 heterocycles. The van der Waals surface area contributed by atoms with E-state index in [0.717, 1.165) is 13.0 Å². The number of hydrogen-bond acceptors (Lipinski definition) is 1. The van der Waals surface area contributed by atoms with E-state index in [9.17, 15) is 4.39 Å². The predicted octanol–water partition coefficient (Wildman–Crippen LogP) is 0.989. The average Bonchev–Trinajstić information content (AvgIpc) is 1.89. The molecule has 1 nitrogen and oxygen atoms in total. The molecule has 0 aliphatic carbocycles. The normalized spacial score (nSPS) is 32.0. The van der Waals surface area contributed by atoms with E-state index in [1.54, 1.807) is 0 Å². The number of hydrogen-bond donors (Lipinski definition) is 1. The second-order valence-electron chi connectivity index (χ2n) is 2.28. The zero-order chi connectivity index (χ0) is 6.69. The molecular formula is C7H11ClFN. The van der Waals surface area contributed by atoms with Gasteiger partial charge in [-0.25, -0.2) is 4.39 Å². The molecule has 1 aliphatic heterocycles. The maximum Gasteiger partial charge on any atom is 0.126 e. The molecule has 1 saturated heterocycles. The second-order valence-corrected chi connectivity index (χ2v) is 2.28. The maximum absolute atomic E-state index is 12.6. The van der Waals surface area contributed by atoms with Crippen molar-refractivity contribution in [1.29, 1.82) is 0 Å². The highest BCUT2D eigenvalue weighted by Gasteiger charge is 2.21. The van der Waals surface area contributed by atoms with Crippen molar-refractivity contribution in [2.24, 2.45) is 5.92 Å². The van der Waals surface area contributed by atoms with E-state index in [1.807, 2.05) is 0 Å². The first-order valence-corrected chi connectivity index (χ1v) is 3.15. The van der Waals surface area contributed by atoms with Gasteiger partial charge in [-0.3, -0.25) is 0 Å². The number of terminal acetylenes is 1. The van der Waals surface area contributed by atoms with E-state index in [2.05, 4.69) is 11.2 Å². The molecule has 0 aromatic rings. The SMILES string of the molecule is C#C[C@@H]1CCNC[C@@H]1F.Cl. The topological polar surface area (TPSA) is 12.0 Å². The summed E-state index contributed by atoms with van der Waals surface area (Å²) in [6, 6.07) is 0. The van der Waals surface area contributed by atoms with E-state index in [0.29, 0.717) is 6.54 Å². The summed E-state index contributed by atoms with van der Waals surface area (Å²) in [6.45, 7) is 1.28. The fourth-order valence-electron chi connectivity index (χ4n) is 1.01.